The Hall–Kier alpha value is -19.7. The van der Waals surface area contributed by atoms with E-state index in [9.17, 15) is 0 Å². The van der Waals surface area contributed by atoms with E-state index in [1.165, 1.54) is 16.7 Å². The highest BCUT2D eigenvalue weighted by Gasteiger charge is 2.27. The second-order valence-corrected chi connectivity index (χ2v) is 37.3. The quantitative estimate of drug-likeness (QED) is 0.0437. The molecule has 0 saturated heterocycles. The van der Waals surface area contributed by atoms with Crippen LogP contribution in [0, 0.1) is 20.8 Å². The minimum absolute atomic E-state index is 0.971. The minimum Gasteiger partial charge on any atom is -0.311 e. The van der Waals surface area contributed by atoms with Crippen molar-refractivity contribution in [3.05, 3.63) is 635 Å². The smallest absolute Gasteiger partial charge is 0.0503 e. The van der Waals surface area contributed by atoms with Crippen molar-refractivity contribution in [2.75, 3.05) is 44.1 Å². The summed E-state index contributed by atoms with van der Waals surface area (Å²) in [7, 11) is 0. The Morgan fingerprint density at radius 1 is 0.0800 bits per heavy atom. The fourth-order valence-corrected chi connectivity index (χ4v) is 20.0. The van der Waals surface area contributed by atoms with Crippen LogP contribution in [-0.2, 0) is 0 Å². The molecule has 0 aromatic heterocycles. The molecule has 23 rings (SSSR count). The van der Waals surface area contributed by atoms with Gasteiger partial charge in [0.05, 0.1) is 17.1 Å². The zero-order valence-corrected chi connectivity index (χ0v) is 83.9. The van der Waals surface area contributed by atoms with E-state index in [0.29, 0.717) is 0 Å². The van der Waals surface area contributed by atoms with Gasteiger partial charge in [0.1, 0.15) is 0 Å². The Balaban J connectivity index is 0.000000175. The van der Waals surface area contributed by atoms with E-state index in [4.69, 9.17) is 0 Å². The molecular formula is C141H111N9. The monoisotopic (exact) mass is 1930 g/mol. The van der Waals surface area contributed by atoms with Crippen molar-refractivity contribution < 1.29 is 0 Å². The number of para-hydroxylation sites is 12. The van der Waals surface area contributed by atoms with E-state index in [2.05, 4.69) is 684 Å². The van der Waals surface area contributed by atoms with E-state index in [-0.39, 0.29) is 0 Å². The number of nitrogens with zero attached hydrogens (tertiary/aromatic N) is 9. The fraction of sp³-hybridized carbons (Fsp3) is 0.0213. The number of anilines is 27. The van der Waals surface area contributed by atoms with Gasteiger partial charge in [0.15, 0.2) is 0 Å². The van der Waals surface area contributed by atoms with E-state index in [1.54, 1.807) is 0 Å². The lowest BCUT2D eigenvalue weighted by Gasteiger charge is -2.33. The van der Waals surface area contributed by atoms with Crippen molar-refractivity contribution in [3.63, 3.8) is 0 Å². The van der Waals surface area contributed by atoms with Crippen LogP contribution in [0.5, 0.6) is 0 Å². The summed E-state index contributed by atoms with van der Waals surface area (Å²) < 4.78 is 0. The van der Waals surface area contributed by atoms with Crippen molar-refractivity contribution in [3.8, 4) is 33.4 Å². The third-order valence-electron chi connectivity index (χ3n) is 27.0. The van der Waals surface area contributed by atoms with Crippen molar-refractivity contribution in [1.82, 2.24) is 0 Å². The van der Waals surface area contributed by atoms with Crippen molar-refractivity contribution in [2.45, 2.75) is 20.8 Å². The lowest BCUT2D eigenvalue weighted by molar-refractivity contribution is 1.21. The van der Waals surface area contributed by atoms with Crippen LogP contribution in [0.3, 0.4) is 0 Å². The molecule has 0 N–H and O–H groups in total. The van der Waals surface area contributed by atoms with Gasteiger partial charge in [-0.2, -0.15) is 0 Å². The van der Waals surface area contributed by atoms with Gasteiger partial charge in [0.2, 0.25) is 0 Å². The molecule has 9 nitrogen and oxygen atoms in total. The molecule has 0 atom stereocenters. The van der Waals surface area contributed by atoms with Gasteiger partial charge in [0.25, 0.3) is 0 Å². The highest BCUT2D eigenvalue weighted by Crippen LogP contribution is 2.51. The Bertz CT molecular complexity index is 7400. The van der Waals surface area contributed by atoms with Crippen LogP contribution in [0.2, 0.25) is 0 Å². The Morgan fingerprint density at radius 2 is 0.193 bits per heavy atom. The fourth-order valence-electron chi connectivity index (χ4n) is 20.0. The van der Waals surface area contributed by atoms with Crippen LogP contribution in [0.1, 0.15) is 16.7 Å². The molecular weight excluding hydrogens is 1820 g/mol. The predicted molar refractivity (Wildman–Crippen MR) is 636 cm³/mol. The third-order valence-corrected chi connectivity index (χ3v) is 27.0. The van der Waals surface area contributed by atoms with Gasteiger partial charge in [0, 0.05) is 136 Å². The van der Waals surface area contributed by atoms with E-state index < -0.39 is 0 Å². The first-order chi connectivity index (χ1) is 74.1. The van der Waals surface area contributed by atoms with E-state index in [1.807, 2.05) is 0 Å². The van der Waals surface area contributed by atoms with E-state index >= 15 is 0 Å². The lowest BCUT2D eigenvalue weighted by Crippen LogP contribution is -2.17. The topological polar surface area (TPSA) is 29.2 Å². The average molecular weight is 1930 g/mol. The number of hydrogen-bond donors (Lipinski definition) is 0. The first kappa shape index (κ1) is 95.1. The van der Waals surface area contributed by atoms with Crippen molar-refractivity contribution in [1.29, 1.82) is 0 Å². The summed E-state index contributed by atoms with van der Waals surface area (Å²) in [5.41, 5.74) is 39.3. The second kappa shape index (κ2) is 45.0. The molecule has 0 heterocycles. The molecule has 150 heavy (non-hydrogen) atoms. The van der Waals surface area contributed by atoms with Crippen LogP contribution in [0.25, 0.3) is 33.4 Å². The van der Waals surface area contributed by atoms with Gasteiger partial charge in [-0.3, -0.25) is 0 Å². The molecule has 0 fully saturated rings. The Labute approximate surface area is 881 Å². The van der Waals surface area contributed by atoms with Gasteiger partial charge >= 0.3 is 0 Å². The molecule has 23 aromatic rings. The SMILES string of the molecule is Cc1cccc(N(c2ccccc2)c2ccc(-c3cc(-c4ccc(N(c5ccccc5)c5cccc(C)c5)cc4)cc(-c4ccc(N(c5ccccc5)c5cccc(C)c5)cc4)c3)cc2)c1.c1ccc(N(c2ccccc2)c2ccc(N(c3ccccc3)c3cc(N(c4ccccc4)c4ccc(N(c5ccccc5)c5ccccc5)cc4)cc(N(c4ccccc4)c4ccc(N(c5ccccc5)c5ccccc5)cc4)c3)cc2)cc1. The largest absolute Gasteiger partial charge is 0.311 e. The summed E-state index contributed by atoms with van der Waals surface area (Å²) >= 11 is 0. The summed E-state index contributed by atoms with van der Waals surface area (Å²) in [4.78, 5) is 21.0. The Kier molecular flexibility index (Phi) is 28.6. The summed E-state index contributed by atoms with van der Waals surface area (Å²) in [5.74, 6) is 0. The molecule has 0 spiro atoms. The second-order valence-electron chi connectivity index (χ2n) is 37.3. The molecule has 0 unspecified atom stereocenters. The minimum atomic E-state index is 0.971. The molecule has 0 amide bonds. The first-order valence-corrected chi connectivity index (χ1v) is 51.1. The van der Waals surface area contributed by atoms with Gasteiger partial charge < -0.3 is 44.1 Å². The number of benzene rings is 23. The molecule has 0 aliphatic heterocycles. The molecule has 0 aliphatic carbocycles. The molecule has 0 aliphatic rings. The number of hydrogen-bond acceptors (Lipinski definition) is 9. The maximum absolute atomic E-state index is 2.37. The summed E-state index contributed by atoms with van der Waals surface area (Å²) in [6, 6.07) is 221. The van der Waals surface area contributed by atoms with Crippen molar-refractivity contribution >= 4 is 154 Å². The lowest BCUT2D eigenvalue weighted by atomic mass is 9.93. The maximum atomic E-state index is 2.37. The zero-order chi connectivity index (χ0) is 101. The average Bonchev–Trinajstić information content (AvgIpc) is 0.759. The molecule has 23 aromatic carbocycles. The standard InChI is InChI=1S/C78H60N6.C63H51N3/c1-10-28-61(29-11-1)79(62-30-12-2-13-31-62)70-46-52-73(53-47-70)82(67-40-22-7-23-41-67)76-58-77(83(68-42-24-8-25-43-68)74-54-48-71(49-55-74)80(63-32-14-3-15-33-63)64-34-16-4-17-35-64)60-78(59-76)84(69-44-26-9-27-45-69)75-56-50-72(51-57-75)81(65-36-18-5-19-37-65)66-38-20-6-21-39-66;1-46-16-13-25-61(40-46)64(55-19-7-4-8-20-55)58-34-28-49(29-35-58)52-43-53(50-30-36-59(37-31-50)65(56-21-9-5-10-22-56)62-26-14-17-47(2)41-62)45-54(44-52)51-32-38-60(39-33-51)66(57-23-11-6-12-24-57)63-27-15-18-48(3)42-63/h1-60H;4-45H,1-3H3. The number of aryl methyl sites for hydroxylation is 3. The highest BCUT2D eigenvalue weighted by molar-refractivity contribution is 5.94. The third kappa shape index (κ3) is 21.6. The molecule has 0 saturated carbocycles. The molecule has 9 heteroatoms. The zero-order valence-electron chi connectivity index (χ0n) is 83.9. The van der Waals surface area contributed by atoms with Gasteiger partial charge in [-0.15, -0.1) is 0 Å². The predicted octanol–water partition coefficient (Wildman–Crippen LogP) is 40.5. The molecule has 0 bridgehead atoms. The van der Waals surface area contributed by atoms with Crippen LogP contribution in [-0.4, -0.2) is 0 Å². The Morgan fingerprint density at radius 3 is 0.333 bits per heavy atom. The number of rotatable bonds is 30. The molecule has 720 valence electrons. The van der Waals surface area contributed by atoms with Crippen LogP contribution in [0.15, 0.2) is 619 Å². The maximum Gasteiger partial charge on any atom is 0.0503 e. The van der Waals surface area contributed by atoms with Crippen LogP contribution < -0.4 is 44.1 Å². The first-order valence-electron chi connectivity index (χ1n) is 51.1. The highest BCUT2D eigenvalue weighted by atomic mass is 15.2. The summed E-state index contributed by atoms with van der Waals surface area (Å²) in [6.07, 6.45) is 0. The van der Waals surface area contributed by atoms with Gasteiger partial charge in [-0.25, -0.2) is 0 Å². The van der Waals surface area contributed by atoms with Gasteiger partial charge in [-0.1, -0.05) is 291 Å². The normalized spacial score (nSPS) is 10.9. The summed E-state index contributed by atoms with van der Waals surface area (Å²) in [6.45, 7) is 6.44. The van der Waals surface area contributed by atoms with E-state index in [0.717, 1.165) is 187 Å². The van der Waals surface area contributed by atoms with Crippen molar-refractivity contribution in [2.24, 2.45) is 0 Å². The van der Waals surface area contributed by atoms with Crippen LogP contribution >= 0.6 is 0 Å². The molecule has 0 radical (unpaired) electrons. The summed E-state index contributed by atoms with van der Waals surface area (Å²) in [5, 5.41) is 0. The van der Waals surface area contributed by atoms with Gasteiger partial charge in [-0.05, 0) is 398 Å². The van der Waals surface area contributed by atoms with Crippen LogP contribution in [0.4, 0.5) is 154 Å².